The normalized spacial score (nSPS) is 15.3. The maximum Gasteiger partial charge on any atom is 0.319 e. The van der Waals surface area contributed by atoms with Crippen LogP contribution in [0.1, 0.15) is 43.6 Å². The van der Waals surface area contributed by atoms with Crippen LogP contribution in [0.5, 0.6) is 0 Å². The van der Waals surface area contributed by atoms with E-state index < -0.39 is 11.6 Å². The van der Waals surface area contributed by atoms with Crippen LogP contribution in [-0.2, 0) is 16.9 Å². The van der Waals surface area contributed by atoms with Gasteiger partial charge in [-0.1, -0.05) is 30.3 Å². The lowest BCUT2D eigenvalue weighted by atomic mass is 9.97. The van der Waals surface area contributed by atoms with Gasteiger partial charge in [0, 0.05) is 31.8 Å². The summed E-state index contributed by atoms with van der Waals surface area (Å²) in [6.45, 7) is 6.47. The van der Waals surface area contributed by atoms with Crippen molar-refractivity contribution < 1.29 is 14.7 Å². The van der Waals surface area contributed by atoms with Crippen molar-refractivity contribution in [2.45, 2.75) is 38.9 Å². The molecule has 0 bridgehead atoms. The summed E-state index contributed by atoms with van der Waals surface area (Å²) in [6, 6.07) is 8.60. The Morgan fingerprint density at radius 1 is 1.23 bits per heavy atom. The summed E-state index contributed by atoms with van der Waals surface area (Å²) in [6.07, 6.45) is 1.73. The highest BCUT2D eigenvalue weighted by molar-refractivity contribution is 5.77. The van der Waals surface area contributed by atoms with E-state index in [0.29, 0.717) is 25.6 Å². The molecule has 0 unspecified atom stereocenters. The van der Waals surface area contributed by atoms with E-state index in [0.717, 1.165) is 16.8 Å². The zero-order chi connectivity index (χ0) is 21.7. The largest absolute Gasteiger partial charge is 0.394 e. The molecular formula is C21H28N6O3. The van der Waals surface area contributed by atoms with Gasteiger partial charge in [0.05, 0.1) is 30.4 Å². The minimum absolute atomic E-state index is 0.0910. The maximum absolute atomic E-state index is 13.0. The van der Waals surface area contributed by atoms with Crippen LogP contribution in [0.4, 0.5) is 10.7 Å². The first-order chi connectivity index (χ1) is 14.3. The van der Waals surface area contributed by atoms with Gasteiger partial charge in [-0.3, -0.25) is 4.79 Å². The van der Waals surface area contributed by atoms with Crippen LogP contribution < -0.4 is 16.0 Å². The second-order valence-corrected chi connectivity index (χ2v) is 7.70. The number of fused-ring (bicyclic) bond motifs is 1. The van der Waals surface area contributed by atoms with Crippen molar-refractivity contribution in [1.82, 2.24) is 25.5 Å². The molecule has 4 N–H and O–H groups in total. The number of urea groups is 1. The van der Waals surface area contributed by atoms with Crippen LogP contribution in [0.2, 0.25) is 0 Å². The highest BCUT2D eigenvalue weighted by Gasteiger charge is 2.42. The quantitative estimate of drug-likeness (QED) is 0.512. The molecule has 2 heterocycles. The van der Waals surface area contributed by atoms with Gasteiger partial charge in [-0.05, 0) is 19.4 Å². The average molecular weight is 412 g/mol. The van der Waals surface area contributed by atoms with Gasteiger partial charge < -0.3 is 26.0 Å². The fourth-order valence-electron chi connectivity index (χ4n) is 3.51. The number of carbonyl (C=O) groups is 2. The Labute approximate surface area is 175 Å². The van der Waals surface area contributed by atoms with Gasteiger partial charge in [-0.25, -0.2) is 14.8 Å². The standard InChI is InChI=1S/C21H28N6O3/c1-14(29)22-9-10-23-19-24-11-16-17(25-19)12-27(21(16,2)3)20(30)26-18(13-28)15-7-5-4-6-8-15/h4-8,11,18,28H,9-10,12-13H2,1-3H3,(H,22,29)(H,26,30)(H,23,24,25)/t18-/m1/s1. The van der Waals surface area contributed by atoms with Crippen LogP contribution in [0.15, 0.2) is 36.5 Å². The Bertz CT molecular complexity index is 903. The average Bonchev–Trinajstić information content (AvgIpc) is 3.00. The summed E-state index contributed by atoms with van der Waals surface area (Å²) < 4.78 is 0. The molecule has 1 atom stereocenters. The molecule has 0 saturated heterocycles. The summed E-state index contributed by atoms with van der Waals surface area (Å²) >= 11 is 0. The van der Waals surface area contributed by atoms with Gasteiger partial charge >= 0.3 is 6.03 Å². The molecule has 3 amide bonds. The first-order valence-electron chi connectivity index (χ1n) is 9.91. The summed E-state index contributed by atoms with van der Waals surface area (Å²) in [5.41, 5.74) is 1.90. The number of carbonyl (C=O) groups excluding carboxylic acids is 2. The van der Waals surface area contributed by atoms with Gasteiger partial charge in [-0.2, -0.15) is 0 Å². The van der Waals surface area contributed by atoms with Crippen molar-refractivity contribution in [3.8, 4) is 0 Å². The SMILES string of the molecule is CC(=O)NCCNc1ncc2c(n1)CN(C(=O)N[C@H](CO)c1ccccc1)C2(C)C. The van der Waals surface area contributed by atoms with E-state index in [1.165, 1.54) is 6.92 Å². The minimum Gasteiger partial charge on any atom is -0.394 e. The Morgan fingerprint density at radius 3 is 2.63 bits per heavy atom. The minimum atomic E-state index is -0.592. The third kappa shape index (κ3) is 4.68. The number of aliphatic hydroxyl groups is 1. The number of nitrogens with zero attached hydrogens (tertiary/aromatic N) is 3. The molecule has 0 saturated carbocycles. The van der Waals surface area contributed by atoms with E-state index in [1.54, 1.807) is 11.1 Å². The molecule has 0 spiro atoms. The number of hydrogen-bond acceptors (Lipinski definition) is 6. The highest BCUT2D eigenvalue weighted by Crippen LogP contribution is 2.38. The Hall–Kier alpha value is -3.20. The summed E-state index contributed by atoms with van der Waals surface area (Å²) in [5.74, 6) is 0.362. The van der Waals surface area contributed by atoms with Crippen LogP contribution in [-0.4, -0.2) is 51.6 Å². The molecular weight excluding hydrogens is 384 g/mol. The van der Waals surface area contributed by atoms with E-state index in [2.05, 4.69) is 25.9 Å². The lowest BCUT2D eigenvalue weighted by molar-refractivity contribution is -0.118. The molecule has 0 radical (unpaired) electrons. The summed E-state index contributed by atoms with van der Waals surface area (Å²) in [5, 5.41) is 18.5. The predicted octanol–water partition coefficient (Wildman–Crippen LogP) is 1.52. The second kappa shape index (κ2) is 9.08. The highest BCUT2D eigenvalue weighted by atomic mass is 16.3. The van der Waals surface area contributed by atoms with Crippen LogP contribution in [0.25, 0.3) is 0 Å². The van der Waals surface area contributed by atoms with Crippen molar-refractivity contribution in [3.63, 3.8) is 0 Å². The third-order valence-corrected chi connectivity index (χ3v) is 5.22. The number of rotatable bonds is 7. The Balaban J connectivity index is 1.69. The van der Waals surface area contributed by atoms with Crippen LogP contribution >= 0.6 is 0 Å². The number of anilines is 1. The summed E-state index contributed by atoms with van der Waals surface area (Å²) in [4.78, 5) is 34.6. The molecule has 3 rings (SSSR count). The topological polar surface area (TPSA) is 119 Å². The lowest BCUT2D eigenvalue weighted by Gasteiger charge is -2.33. The number of benzene rings is 1. The van der Waals surface area contributed by atoms with Crippen molar-refractivity contribution in [2.24, 2.45) is 0 Å². The van der Waals surface area contributed by atoms with Crippen molar-refractivity contribution >= 4 is 17.9 Å². The van der Waals surface area contributed by atoms with Gasteiger partial charge in [0.25, 0.3) is 0 Å². The number of hydrogen-bond donors (Lipinski definition) is 4. The van der Waals surface area contributed by atoms with Gasteiger partial charge in [0.15, 0.2) is 0 Å². The number of amides is 3. The van der Waals surface area contributed by atoms with Gasteiger partial charge in [-0.15, -0.1) is 0 Å². The molecule has 9 heteroatoms. The number of aliphatic hydroxyl groups excluding tert-OH is 1. The van der Waals surface area contributed by atoms with Crippen molar-refractivity contribution in [2.75, 3.05) is 25.0 Å². The molecule has 30 heavy (non-hydrogen) atoms. The van der Waals surface area contributed by atoms with E-state index >= 15 is 0 Å². The lowest BCUT2D eigenvalue weighted by Crippen LogP contribution is -2.47. The first kappa shape index (κ1) is 21.5. The number of nitrogens with one attached hydrogen (secondary N) is 3. The molecule has 9 nitrogen and oxygen atoms in total. The number of aromatic nitrogens is 2. The molecule has 1 aromatic carbocycles. The van der Waals surface area contributed by atoms with E-state index in [1.807, 2.05) is 44.2 Å². The molecule has 2 aromatic rings. The molecule has 1 aliphatic rings. The fraction of sp³-hybridized carbons (Fsp3) is 0.429. The van der Waals surface area contributed by atoms with Gasteiger partial charge in [0.1, 0.15) is 0 Å². The molecule has 0 fully saturated rings. The first-order valence-corrected chi connectivity index (χ1v) is 9.91. The van der Waals surface area contributed by atoms with Crippen molar-refractivity contribution in [3.05, 3.63) is 53.3 Å². The van der Waals surface area contributed by atoms with E-state index in [9.17, 15) is 14.7 Å². The predicted molar refractivity (Wildman–Crippen MR) is 113 cm³/mol. The molecule has 1 aliphatic heterocycles. The third-order valence-electron chi connectivity index (χ3n) is 5.22. The van der Waals surface area contributed by atoms with Crippen LogP contribution in [0.3, 0.4) is 0 Å². The Morgan fingerprint density at radius 2 is 1.97 bits per heavy atom. The zero-order valence-electron chi connectivity index (χ0n) is 17.5. The summed E-state index contributed by atoms with van der Waals surface area (Å²) in [7, 11) is 0. The van der Waals surface area contributed by atoms with Crippen LogP contribution in [0, 0.1) is 0 Å². The zero-order valence-corrected chi connectivity index (χ0v) is 17.5. The molecule has 1 aromatic heterocycles. The monoisotopic (exact) mass is 412 g/mol. The van der Waals surface area contributed by atoms with E-state index in [4.69, 9.17) is 0 Å². The maximum atomic E-state index is 13.0. The second-order valence-electron chi connectivity index (χ2n) is 7.70. The fourth-order valence-corrected chi connectivity index (χ4v) is 3.51. The van der Waals surface area contributed by atoms with Crippen molar-refractivity contribution in [1.29, 1.82) is 0 Å². The molecule has 160 valence electrons. The smallest absolute Gasteiger partial charge is 0.319 e. The molecule has 0 aliphatic carbocycles. The van der Waals surface area contributed by atoms with Gasteiger partial charge in [0.2, 0.25) is 11.9 Å². The van der Waals surface area contributed by atoms with E-state index in [-0.39, 0.29) is 18.5 Å². The Kier molecular flexibility index (Phi) is 6.51.